The highest BCUT2D eigenvalue weighted by molar-refractivity contribution is 6.31. The van der Waals surface area contributed by atoms with Gasteiger partial charge in [0.25, 0.3) is 0 Å². The van der Waals surface area contributed by atoms with E-state index in [-0.39, 0.29) is 0 Å². The molecule has 2 unspecified atom stereocenters. The van der Waals surface area contributed by atoms with Gasteiger partial charge in [-0.3, -0.25) is 4.90 Å². The first-order valence-electron chi connectivity index (χ1n) is 6.36. The Kier molecular flexibility index (Phi) is 4.43. The smallest absolute Gasteiger partial charge is 0.0451 e. The third-order valence-electron chi connectivity index (χ3n) is 3.87. The quantitative estimate of drug-likeness (QED) is 0.893. The van der Waals surface area contributed by atoms with Crippen molar-refractivity contribution in [1.29, 1.82) is 0 Å². The van der Waals surface area contributed by atoms with Gasteiger partial charge in [0.05, 0.1) is 0 Å². The summed E-state index contributed by atoms with van der Waals surface area (Å²) in [5.74, 6) is 0.655. The molecule has 2 N–H and O–H groups in total. The number of nitrogens with two attached hydrogens (primary N) is 1. The summed E-state index contributed by atoms with van der Waals surface area (Å²) >= 11 is 6.19. The Bertz CT molecular complexity index is 367. The van der Waals surface area contributed by atoms with Crippen LogP contribution in [0.1, 0.15) is 24.8 Å². The zero-order chi connectivity index (χ0) is 12.3. The van der Waals surface area contributed by atoms with Crippen LogP contribution in [0, 0.1) is 5.92 Å². The Labute approximate surface area is 109 Å². The summed E-state index contributed by atoms with van der Waals surface area (Å²) in [4.78, 5) is 2.41. The molecule has 0 spiro atoms. The number of rotatable bonds is 4. The molecule has 0 aliphatic heterocycles. The third-order valence-corrected chi connectivity index (χ3v) is 4.23. The molecular weight excluding hydrogens is 232 g/mol. The van der Waals surface area contributed by atoms with Gasteiger partial charge in [0.15, 0.2) is 0 Å². The number of halogens is 1. The Balaban J connectivity index is 2.01. The lowest BCUT2D eigenvalue weighted by Crippen LogP contribution is -2.37. The first-order chi connectivity index (χ1) is 8.22. The summed E-state index contributed by atoms with van der Waals surface area (Å²) in [6, 6.07) is 8.70. The van der Waals surface area contributed by atoms with E-state index in [4.69, 9.17) is 17.3 Å². The lowest BCUT2D eigenvalue weighted by Gasteiger charge is -2.29. The average Bonchev–Trinajstić information content (AvgIpc) is 2.80. The molecule has 0 aromatic heterocycles. The van der Waals surface area contributed by atoms with Crippen LogP contribution in [0.15, 0.2) is 24.3 Å². The lowest BCUT2D eigenvalue weighted by atomic mass is 10.0. The van der Waals surface area contributed by atoms with Gasteiger partial charge in [0, 0.05) is 17.6 Å². The summed E-state index contributed by atoms with van der Waals surface area (Å²) in [6.45, 7) is 1.72. The van der Waals surface area contributed by atoms with Gasteiger partial charge < -0.3 is 5.73 Å². The van der Waals surface area contributed by atoms with E-state index in [1.54, 1.807) is 0 Å². The van der Waals surface area contributed by atoms with E-state index in [1.165, 1.54) is 24.8 Å². The van der Waals surface area contributed by atoms with E-state index in [0.717, 1.165) is 18.1 Å². The van der Waals surface area contributed by atoms with Crippen LogP contribution in [0.25, 0.3) is 0 Å². The Hall–Kier alpha value is -0.570. The summed E-state index contributed by atoms with van der Waals surface area (Å²) in [5, 5.41) is 0.863. The van der Waals surface area contributed by atoms with Gasteiger partial charge in [0.1, 0.15) is 0 Å². The van der Waals surface area contributed by atoms with Crippen LogP contribution in [-0.2, 0) is 6.54 Å². The Morgan fingerprint density at radius 2 is 2.12 bits per heavy atom. The predicted octanol–water partition coefficient (Wildman–Crippen LogP) is 2.90. The SMILES string of the molecule is CN(Cc1ccccc1Cl)C1CCCC1CN. The normalized spacial score (nSPS) is 24.5. The molecule has 3 heteroatoms. The van der Waals surface area contributed by atoms with Crippen molar-refractivity contribution in [2.24, 2.45) is 11.7 Å². The van der Waals surface area contributed by atoms with Crippen LogP contribution in [0.3, 0.4) is 0 Å². The predicted molar refractivity (Wildman–Crippen MR) is 73.1 cm³/mol. The highest BCUT2D eigenvalue weighted by atomic mass is 35.5. The maximum absolute atomic E-state index is 6.19. The number of nitrogens with zero attached hydrogens (tertiary/aromatic N) is 1. The molecule has 0 saturated heterocycles. The second-order valence-corrected chi connectivity index (χ2v) is 5.41. The molecule has 0 radical (unpaired) electrons. The van der Waals surface area contributed by atoms with E-state index >= 15 is 0 Å². The molecule has 17 heavy (non-hydrogen) atoms. The van der Waals surface area contributed by atoms with Crippen LogP contribution in [0.5, 0.6) is 0 Å². The van der Waals surface area contributed by atoms with Crippen LogP contribution >= 0.6 is 11.6 Å². The zero-order valence-electron chi connectivity index (χ0n) is 10.4. The highest BCUT2D eigenvalue weighted by Gasteiger charge is 2.29. The third kappa shape index (κ3) is 3.01. The molecule has 1 aliphatic rings. The van der Waals surface area contributed by atoms with Crippen molar-refractivity contribution in [1.82, 2.24) is 4.90 Å². The van der Waals surface area contributed by atoms with Gasteiger partial charge in [-0.1, -0.05) is 36.2 Å². The van der Waals surface area contributed by atoms with E-state index in [2.05, 4.69) is 18.0 Å². The van der Waals surface area contributed by atoms with Gasteiger partial charge in [0.2, 0.25) is 0 Å². The molecule has 1 aromatic rings. The van der Waals surface area contributed by atoms with Crippen LogP contribution in [0.4, 0.5) is 0 Å². The van der Waals surface area contributed by atoms with E-state index in [0.29, 0.717) is 12.0 Å². The van der Waals surface area contributed by atoms with Crippen LogP contribution < -0.4 is 5.73 Å². The van der Waals surface area contributed by atoms with Crippen LogP contribution in [-0.4, -0.2) is 24.5 Å². The summed E-state index contributed by atoms with van der Waals surface area (Å²) in [5.41, 5.74) is 7.04. The second-order valence-electron chi connectivity index (χ2n) is 5.00. The van der Waals surface area contributed by atoms with Crippen molar-refractivity contribution in [3.63, 3.8) is 0 Å². The van der Waals surface area contributed by atoms with E-state index < -0.39 is 0 Å². The molecule has 1 saturated carbocycles. The van der Waals surface area contributed by atoms with Crippen molar-refractivity contribution in [2.75, 3.05) is 13.6 Å². The molecule has 0 bridgehead atoms. The van der Waals surface area contributed by atoms with Gasteiger partial charge in [-0.25, -0.2) is 0 Å². The molecular formula is C14H21ClN2. The fourth-order valence-corrected chi connectivity index (χ4v) is 3.08. The zero-order valence-corrected chi connectivity index (χ0v) is 11.2. The fourth-order valence-electron chi connectivity index (χ4n) is 2.89. The summed E-state index contributed by atoms with van der Waals surface area (Å²) in [7, 11) is 2.18. The minimum atomic E-state index is 0.622. The largest absolute Gasteiger partial charge is 0.330 e. The minimum absolute atomic E-state index is 0.622. The maximum Gasteiger partial charge on any atom is 0.0451 e. The van der Waals surface area contributed by atoms with E-state index in [1.807, 2.05) is 18.2 Å². The molecule has 0 heterocycles. The molecule has 94 valence electrons. The van der Waals surface area contributed by atoms with Gasteiger partial charge in [-0.2, -0.15) is 0 Å². The topological polar surface area (TPSA) is 29.3 Å². The molecule has 2 rings (SSSR count). The van der Waals surface area contributed by atoms with Crippen LogP contribution in [0.2, 0.25) is 5.02 Å². The molecule has 1 aromatic carbocycles. The van der Waals surface area contributed by atoms with Crippen molar-refractivity contribution in [2.45, 2.75) is 31.8 Å². The second kappa shape index (κ2) is 5.85. The summed E-state index contributed by atoms with van der Waals surface area (Å²) in [6.07, 6.45) is 3.84. The van der Waals surface area contributed by atoms with Gasteiger partial charge in [-0.15, -0.1) is 0 Å². The number of benzene rings is 1. The first-order valence-corrected chi connectivity index (χ1v) is 6.74. The van der Waals surface area contributed by atoms with Gasteiger partial charge in [-0.05, 0) is 44.0 Å². The Morgan fingerprint density at radius 1 is 1.35 bits per heavy atom. The molecule has 1 fully saturated rings. The fraction of sp³-hybridized carbons (Fsp3) is 0.571. The maximum atomic E-state index is 6.19. The standard InChI is InChI=1S/C14H21ClN2/c1-17(14-8-4-6-11(14)9-16)10-12-5-2-3-7-13(12)15/h2-3,5,7,11,14H,4,6,8-10,16H2,1H3. The number of hydrogen-bond acceptors (Lipinski definition) is 2. The Morgan fingerprint density at radius 3 is 2.82 bits per heavy atom. The van der Waals surface area contributed by atoms with E-state index in [9.17, 15) is 0 Å². The summed E-state index contributed by atoms with van der Waals surface area (Å²) < 4.78 is 0. The van der Waals surface area contributed by atoms with Gasteiger partial charge >= 0.3 is 0 Å². The van der Waals surface area contributed by atoms with Crippen molar-refractivity contribution < 1.29 is 0 Å². The molecule has 1 aliphatic carbocycles. The molecule has 2 atom stereocenters. The molecule has 2 nitrogen and oxygen atoms in total. The first kappa shape index (κ1) is 12.9. The number of hydrogen-bond donors (Lipinski definition) is 1. The van der Waals surface area contributed by atoms with Crippen molar-refractivity contribution >= 4 is 11.6 Å². The average molecular weight is 253 g/mol. The monoisotopic (exact) mass is 252 g/mol. The lowest BCUT2D eigenvalue weighted by molar-refractivity contribution is 0.193. The highest BCUT2D eigenvalue weighted by Crippen LogP contribution is 2.30. The van der Waals surface area contributed by atoms with Crippen molar-refractivity contribution in [3.05, 3.63) is 34.9 Å². The molecule has 0 amide bonds. The minimum Gasteiger partial charge on any atom is -0.330 e. The van der Waals surface area contributed by atoms with Crippen molar-refractivity contribution in [3.8, 4) is 0 Å².